The fourth-order valence-corrected chi connectivity index (χ4v) is 2.16. The minimum Gasteiger partial charge on any atom is -0.306 e. The van der Waals surface area contributed by atoms with Crippen molar-refractivity contribution in [3.05, 3.63) is 53.1 Å². The monoisotopic (exact) mass is 281 g/mol. The molecule has 0 bridgehead atoms. The summed E-state index contributed by atoms with van der Waals surface area (Å²) in [5, 5.41) is 6.97. The van der Waals surface area contributed by atoms with Crippen molar-refractivity contribution in [1.82, 2.24) is 19.6 Å². The van der Waals surface area contributed by atoms with Crippen LogP contribution in [0.1, 0.15) is 27.3 Å². The van der Waals surface area contributed by atoms with Crippen molar-refractivity contribution < 1.29 is 4.79 Å². The first-order valence-electron chi connectivity index (χ1n) is 6.60. The highest BCUT2D eigenvalue weighted by Crippen LogP contribution is 2.14. The number of amides is 1. The van der Waals surface area contributed by atoms with Crippen molar-refractivity contribution in [2.24, 2.45) is 0 Å². The lowest BCUT2D eigenvalue weighted by Gasteiger charge is -2.04. The molecule has 0 spiro atoms. The summed E-state index contributed by atoms with van der Waals surface area (Å²) in [6.07, 6.45) is 3.23. The molecule has 0 radical (unpaired) electrons. The van der Waals surface area contributed by atoms with Crippen molar-refractivity contribution in [2.45, 2.75) is 20.8 Å². The fourth-order valence-electron chi connectivity index (χ4n) is 2.16. The number of rotatable bonds is 2. The second-order valence-corrected chi connectivity index (χ2v) is 5.01. The number of hydrogen-bond donors (Lipinski definition) is 1. The molecule has 3 aromatic heterocycles. The molecule has 0 atom stereocenters. The topological polar surface area (TPSA) is 72.2 Å². The van der Waals surface area contributed by atoms with Crippen LogP contribution in [0.15, 0.2) is 30.6 Å². The molecule has 3 rings (SSSR count). The first kappa shape index (κ1) is 13.2. The number of fused-ring (bicyclic) bond motifs is 1. The molecule has 1 amide bonds. The number of pyridine rings is 1. The lowest BCUT2D eigenvalue weighted by molar-refractivity contribution is 0.102. The van der Waals surface area contributed by atoms with Gasteiger partial charge in [0, 0.05) is 17.6 Å². The van der Waals surface area contributed by atoms with Crippen LogP contribution in [0.4, 0.5) is 5.82 Å². The molecule has 3 aromatic rings. The first-order valence-corrected chi connectivity index (χ1v) is 6.60. The van der Waals surface area contributed by atoms with Crippen molar-refractivity contribution in [3.63, 3.8) is 0 Å². The van der Waals surface area contributed by atoms with Crippen LogP contribution in [0.25, 0.3) is 5.65 Å². The van der Waals surface area contributed by atoms with E-state index in [9.17, 15) is 4.79 Å². The Balaban J connectivity index is 1.96. The summed E-state index contributed by atoms with van der Waals surface area (Å²) in [6.45, 7) is 5.76. The fraction of sp³-hybridized carbons (Fsp3) is 0.200. The van der Waals surface area contributed by atoms with Gasteiger partial charge < -0.3 is 5.32 Å². The Hall–Kier alpha value is -2.76. The van der Waals surface area contributed by atoms with E-state index in [-0.39, 0.29) is 5.91 Å². The Morgan fingerprint density at radius 2 is 2.00 bits per heavy atom. The van der Waals surface area contributed by atoms with E-state index in [1.807, 2.05) is 32.9 Å². The average molecular weight is 281 g/mol. The molecular weight excluding hydrogens is 266 g/mol. The standard InChI is InChI=1S/C15H15N5O/c1-9-4-5-13(16-7-9)19-15(21)12-8-17-20-11(3)6-10(2)18-14(12)20/h4-8H,1-3H3,(H,16,19,21). The number of hydrogen-bond acceptors (Lipinski definition) is 4. The van der Waals surface area contributed by atoms with E-state index < -0.39 is 0 Å². The molecule has 0 saturated heterocycles. The SMILES string of the molecule is Cc1ccc(NC(=O)c2cnn3c(C)cc(C)nc23)nc1. The number of aryl methyl sites for hydroxylation is 3. The van der Waals surface area contributed by atoms with Crippen molar-refractivity contribution >= 4 is 17.4 Å². The Morgan fingerprint density at radius 1 is 1.19 bits per heavy atom. The number of nitrogens with zero attached hydrogens (tertiary/aromatic N) is 4. The Bertz CT molecular complexity index is 820. The van der Waals surface area contributed by atoms with E-state index in [4.69, 9.17) is 0 Å². The number of carbonyl (C=O) groups excluding carboxylic acids is 1. The summed E-state index contributed by atoms with van der Waals surface area (Å²) in [5.74, 6) is 0.244. The van der Waals surface area contributed by atoms with E-state index in [0.29, 0.717) is 17.0 Å². The summed E-state index contributed by atoms with van der Waals surface area (Å²) in [4.78, 5) is 20.9. The molecule has 21 heavy (non-hydrogen) atoms. The lowest BCUT2D eigenvalue weighted by Crippen LogP contribution is -2.13. The van der Waals surface area contributed by atoms with Gasteiger partial charge in [0.05, 0.1) is 6.20 Å². The molecule has 106 valence electrons. The smallest absolute Gasteiger partial charge is 0.262 e. The molecule has 0 aliphatic rings. The van der Waals surface area contributed by atoms with E-state index in [2.05, 4.69) is 20.4 Å². The highest BCUT2D eigenvalue weighted by Gasteiger charge is 2.15. The second-order valence-electron chi connectivity index (χ2n) is 5.01. The van der Waals surface area contributed by atoms with E-state index >= 15 is 0 Å². The van der Waals surface area contributed by atoms with Crippen LogP contribution in [0.3, 0.4) is 0 Å². The Kier molecular flexibility index (Phi) is 3.13. The van der Waals surface area contributed by atoms with E-state index in [1.54, 1.807) is 16.8 Å². The van der Waals surface area contributed by atoms with Gasteiger partial charge in [-0.25, -0.2) is 14.5 Å². The normalized spacial score (nSPS) is 10.8. The Morgan fingerprint density at radius 3 is 2.71 bits per heavy atom. The molecule has 3 heterocycles. The maximum absolute atomic E-state index is 12.4. The van der Waals surface area contributed by atoms with Gasteiger partial charge in [0.15, 0.2) is 5.65 Å². The second kappa shape index (κ2) is 4.97. The molecular formula is C15H15N5O. The average Bonchev–Trinajstić information content (AvgIpc) is 2.85. The highest BCUT2D eigenvalue weighted by atomic mass is 16.1. The third-order valence-corrected chi connectivity index (χ3v) is 3.18. The van der Waals surface area contributed by atoms with Crippen molar-refractivity contribution in [3.8, 4) is 0 Å². The zero-order chi connectivity index (χ0) is 15.0. The quantitative estimate of drug-likeness (QED) is 0.782. The molecule has 6 heteroatoms. The van der Waals surface area contributed by atoms with Gasteiger partial charge >= 0.3 is 0 Å². The summed E-state index contributed by atoms with van der Waals surface area (Å²) >= 11 is 0. The molecule has 0 aliphatic heterocycles. The van der Waals surface area contributed by atoms with Crippen LogP contribution in [0, 0.1) is 20.8 Å². The van der Waals surface area contributed by atoms with Crippen LogP contribution in [-0.2, 0) is 0 Å². The zero-order valence-corrected chi connectivity index (χ0v) is 12.1. The van der Waals surface area contributed by atoms with Gasteiger partial charge in [-0.2, -0.15) is 5.10 Å². The van der Waals surface area contributed by atoms with Crippen molar-refractivity contribution in [1.29, 1.82) is 0 Å². The highest BCUT2D eigenvalue weighted by molar-refractivity contribution is 6.07. The number of nitrogens with one attached hydrogen (secondary N) is 1. The largest absolute Gasteiger partial charge is 0.306 e. The molecule has 6 nitrogen and oxygen atoms in total. The summed E-state index contributed by atoms with van der Waals surface area (Å²) < 4.78 is 1.66. The van der Waals surface area contributed by atoms with Crippen LogP contribution < -0.4 is 5.32 Å². The summed E-state index contributed by atoms with van der Waals surface area (Å²) in [6, 6.07) is 5.58. The lowest BCUT2D eigenvalue weighted by atomic mass is 10.3. The van der Waals surface area contributed by atoms with Gasteiger partial charge in [0.25, 0.3) is 5.91 Å². The van der Waals surface area contributed by atoms with Crippen LogP contribution >= 0.6 is 0 Å². The molecule has 0 aromatic carbocycles. The molecule has 0 unspecified atom stereocenters. The summed E-state index contributed by atoms with van der Waals surface area (Å²) in [7, 11) is 0. The van der Waals surface area contributed by atoms with Crippen LogP contribution in [0.5, 0.6) is 0 Å². The number of carbonyl (C=O) groups is 1. The predicted molar refractivity (Wildman–Crippen MR) is 79.4 cm³/mol. The van der Waals surface area contributed by atoms with Gasteiger partial charge in [0.2, 0.25) is 0 Å². The van der Waals surface area contributed by atoms with Crippen molar-refractivity contribution in [2.75, 3.05) is 5.32 Å². The van der Waals surface area contributed by atoms with Gasteiger partial charge in [-0.15, -0.1) is 0 Å². The maximum atomic E-state index is 12.4. The van der Waals surface area contributed by atoms with E-state index in [0.717, 1.165) is 17.0 Å². The number of aromatic nitrogens is 4. The van der Waals surface area contributed by atoms with Crippen LogP contribution in [-0.4, -0.2) is 25.5 Å². The molecule has 1 N–H and O–H groups in total. The minimum absolute atomic E-state index is 0.265. The van der Waals surface area contributed by atoms with Gasteiger partial charge in [-0.05, 0) is 38.5 Å². The zero-order valence-electron chi connectivity index (χ0n) is 12.1. The Labute approximate surface area is 121 Å². The molecule has 0 fully saturated rings. The molecule has 0 saturated carbocycles. The third-order valence-electron chi connectivity index (χ3n) is 3.18. The summed E-state index contributed by atoms with van der Waals surface area (Å²) in [5.41, 5.74) is 3.81. The van der Waals surface area contributed by atoms with Gasteiger partial charge in [0.1, 0.15) is 11.4 Å². The number of anilines is 1. The third kappa shape index (κ3) is 2.47. The van der Waals surface area contributed by atoms with Crippen LogP contribution in [0.2, 0.25) is 0 Å². The first-order chi connectivity index (χ1) is 10.0. The van der Waals surface area contributed by atoms with E-state index in [1.165, 1.54) is 6.20 Å². The van der Waals surface area contributed by atoms with Gasteiger partial charge in [-0.3, -0.25) is 4.79 Å². The maximum Gasteiger partial charge on any atom is 0.262 e. The molecule has 0 aliphatic carbocycles. The predicted octanol–water partition coefficient (Wildman–Crippen LogP) is 2.30. The minimum atomic E-state index is -0.265. The van der Waals surface area contributed by atoms with Gasteiger partial charge in [-0.1, -0.05) is 6.07 Å².